The highest BCUT2D eigenvalue weighted by atomic mass is 16.5. The number of hydrogen-bond acceptors (Lipinski definition) is 1. The van der Waals surface area contributed by atoms with Crippen LogP contribution in [0.3, 0.4) is 0 Å². The molecule has 0 aromatic heterocycles. The van der Waals surface area contributed by atoms with Crippen molar-refractivity contribution >= 4 is 5.57 Å². The third kappa shape index (κ3) is 2.08. The summed E-state index contributed by atoms with van der Waals surface area (Å²) in [4.78, 5) is 0. The molecule has 0 atom stereocenters. The Morgan fingerprint density at radius 3 is 1.95 bits per heavy atom. The number of ether oxygens (including phenoxy) is 1. The van der Waals surface area contributed by atoms with E-state index in [1.165, 1.54) is 44.1 Å². The highest BCUT2D eigenvalue weighted by Crippen LogP contribution is 2.57. The summed E-state index contributed by atoms with van der Waals surface area (Å²) in [5, 5.41) is 0. The maximum Gasteiger partial charge on any atom is 0.120 e. The average molecular weight is 268 g/mol. The van der Waals surface area contributed by atoms with Crippen LogP contribution < -0.4 is 4.74 Å². The summed E-state index contributed by atoms with van der Waals surface area (Å²) in [7, 11) is 0. The Morgan fingerprint density at radius 2 is 1.50 bits per heavy atom. The first kappa shape index (κ1) is 12.5. The smallest absolute Gasteiger partial charge is 0.120 e. The Bertz CT molecular complexity index is 490. The van der Waals surface area contributed by atoms with Crippen LogP contribution in [0.25, 0.3) is 5.57 Å². The van der Waals surface area contributed by atoms with Crippen molar-refractivity contribution in [3.63, 3.8) is 0 Å². The molecule has 0 aliphatic heterocycles. The zero-order valence-electron chi connectivity index (χ0n) is 12.4. The summed E-state index contributed by atoms with van der Waals surface area (Å²) >= 11 is 0. The monoisotopic (exact) mass is 268 g/mol. The average Bonchev–Trinajstić information content (AvgIpc) is 2.37. The molecule has 4 saturated carbocycles. The number of rotatable bonds is 3. The van der Waals surface area contributed by atoms with E-state index in [4.69, 9.17) is 4.74 Å². The minimum absolute atomic E-state index is 0.166. The van der Waals surface area contributed by atoms with Gasteiger partial charge in [0.1, 0.15) is 11.4 Å². The molecule has 0 radical (unpaired) electrons. The van der Waals surface area contributed by atoms with Gasteiger partial charge in [-0.05, 0) is 80.9 Å². The van der Waals surface area contributed by atoms with E-state index in [0.717, 1.165) is 29.1 Å². The molecule has 0 heterocycles. The van der Waals surface area contributed by atoms with Gasteiger partial charge < -0.3 is 4.74 Å². The fourth-order valence-corrected chi connectivity index (χ4v) is 5.21. The van der Waals surface area contributed by atoms with Crippen molar-refractivity contribution in [3.05, 3.63) is 36.4 Å². The molecular formula is C19H24O. The van der Waals surface area contributed by atoms with Crippen LogP contribution in [0.5, 0.6) is 5.75 Å². The Labute approximate surface area is 122 Å². The summed E-state index contributed by atoms with van der Waals surface area (Å²) in [6.45, 7) is 6.05. The van der Waals surface area contributed by atoms with Crippen LogP contribution >= 0.6 is 0 Å². The van der Waals surface area contributed by atoms with Crippen molar-refractivity contribution in [2.75, 3.05) is 0 Å². The van der Waals surface area contributed by atoms with Gasteiger partial charge in [0, 0.05) is 0 Å². The van der Waals surface area contributed by atoms with Crippen LogP contribution in [-0.4, -0.2) is 5.60 Å². The maximum atomic E-state index is 6.52. The van der Waals surface area contributed by atoms with Crippen molar-refractivity contribution in [1.29, 1.82) is 0 Å². The molecule has 20 heavy (non-hydrogen) atoms. The molecule has 0 amide bonds. The van der Waals surface area contributed by atoms with Gasteiger partial charge in [0.25, 0.3) is 0 Å². The Balaban J connectivity index is 1.55. The lowest BCUT2D eigenvalue weighted by molar-refractivity contribution is -0.107. The Kier molecular flexibility index (Phi) is 2.73. The van der Waals surface area contributed by atoms with E-state index >= 15 is 0 Å². The molecule has 0 N–H and O–H groups in total. The molecule has 0 unspecified atom stereocenters. The van der Waals surface area contributed by atoms with Crippen LogP contribution in [0, 0.1) is 17.8 Å². The predicted molar refractivity (Wildman–Crippen MR) is 82.7 cm³/mol. The number of allylic oxidation sites excluding steroid dienone is 1. The molecule has 4 aliphatic carbocycles. The molecule has 1 nitrogen and oxygen atoms in total. The van der Waals surface area contributed by atoms with Gasteiger partial charge in [-0.15, -0.1) is 0 Å². The largest absolute Gasteiger partial charge is 0.487 e. The molecule has 1 aromatic carbocycles. The molecule has 4 fully saturated rings. The second kappa shape index (κ2) is 4.38. The SMILES string of the molecule is C=C(C)c1ccc(OC23CC4CC(CC(C4)C2)C3)cc1. The molecule has 5 rings (SSSR count). The zero-order valence-corrected chi connectivity index (χ0v) is 12.4. The van der Waals surface area contributed by atoms with E-state index in [1.807, 2.05) is 0 Å². The second-order valence-electron chi connectivity index (χ2n) is 7.51. The van der Waals surface area contributed by atoms with Gasteiger partial charge in [-0.1, -0.05) is 24.3 Å². The molecule has 0 spiro atoms. The van der Waals surface area contributed by atoms with Crippen LogP contribution in [-0.2, 0) is 0 Å². The first-order valence-corrected chi connectivity index (χ1v) is 8.07. The first-order valence-electron chi connectivity index (χ1n) is 8.07. The van der Waals surface area contributed by atoms with E-state index < -0.39 is 0 Å². The van der Waals surface area contributed by atoms with Gasteiger partial charge in [0.15, 0.2) is 0 Å². The van der Waals surface area contributed by atoms with Gasteiger partial charge >= 0.3 is 0 Å². The molecule has 0 saturated heterocycles. The fraction of sp³-hybridized carbons (Fsp3) is 0.579. The second-order valence-corrected chi connectivity index (χ2v) is 7.51. The van der Waals surface area contributed by atoms with Gasteiger partial charge in [0.2, 0.25) is 0 Å². The summed E-state index contributed by atoms with van der Waals surface area (Å²) < 4.78 is 6.52. The summed E-state index contributed by atoms with van der Waals surface area (Å²) in [5.74, 6) is 3.87. The van der Waals surface area contributed by atoms with Crippen LogP contribution in [0.2, 0.25) is 0 Å². The molecule has 1 heteroatoms. The van der Waals surface area contributed by atoms with E-state index in [2.05, 4.69) is 37.8 Å². The van der Waals surface area contributed by atoms with Crippen LogP contribution in [0.1, 0.15) is 51.0 Å². The maximum absolute atomic E-state index is 6.52. The van der Waals surface area contributed by atoms with E-state index in [1.54, 1.807) is 0 Å². The topological polar surface area (TPSA) is 9.23 Å². The van der Waals surface area contributed by atoms with Gasteiger partial charge in [-0.3, -0.25) is 0 Å². The summed E-state index contributed by atoms with van der Waals surface area (Å²) in [6, 6.07) is 8.53. The molecular weight excluding hydrogens is 244 g/mol. The third-order valence-electron chi connectivity index (χ3n) is 5.66. The highest BCUT2D eigenvalue weighted by Gasteiger charge is 2.52. The lowest BCUT2D eigenvalue weighted by atomic mass is 9.54. The van der Waals surface area contributed by atoms with E-state index in [9.17, 15) is 0 Å². The minimum atomic E-state index is 0.166. The lowest BCUT2D eigenvalue weighted by Gasteiger charge is -2.56. The Morgan fingerprint density at radius 1 is 1.00 bits per heavy atom. The van der Waals surface area contributed by atoms with E-state index in [0.29, 0.717) is 0 Å². The van der Waals surface area contributed by atoms with E-state index in [-0.39, 0.29) is 5.60 Å². The highest BCUT2D eigenvalue weighted by molar-refractivity contribution is 5.61. The van der Waals surface area contributed by atoms with Crippen molar-refractivity contribution < 1.29 is 4.74 Å². The normalized spacial score (nSPS) is 38.0. The van der Waals surface area contributed by atoms with Crippen molar-refractivity contribution in [2.24, 2.45) is 17.8 Å². The molecule has 1 aromatic rings. The third-order valence-corrected chi connectivity index (χ3v) is 5.66. The van der Waals surface area contributed by atoms with Crippen molar-refractivity contribution in [2.45, 2.75) is 51.0 Å². The summed E-state index contributed by atoms with van der Waals surface area (Å²) in [6.07, 6.45) is 8.29. The summed E-state index contributed by atoms with van der Waals surface area (Å²) in [5.41, 5.74) is 2.49. The molecule has 4 bridgehead atoms. The van der Waals surface area contributed by atoms with Gasteiger partial charge in [-0.2, -0.15) is 0 Å². The standard InChI is InChI=1S/C19H24O/c1-13(2)17-3-5-18(6-4-17)20-19-10-14-7-15(11-19)9-16(8-14)12-19/h3-6,14-16H,1,7-12H2,2H3. The lowest BCUT2D eigenvalue weighted by Crippen LogP contribution is -2.53. The van der Waals surface area contributed by atoms with Crippen LogP contribution in [0.4, 0.5) is 0 Å². The van der Waals surface area contributed by atoms with Crippen LogP contribution in [0.15, 0.2) is 30.8 Å². The molecule has 106 valence electrons. The quantitative estimate of drug-likeness (QED) is 0.744. The van der Waals surface area contributed by atoms with Gasteiger partial charge in [-0.25, -0.2) is 0 Å². The zero-order chi connectivity index (χ0) is 13.7. The predicted octanol–water partition coefficient (Wildman–Crippen LogP) is 5.07. The van der Waals surface area contributed by atoms with Gasteiger partial charge in [0.05, 0.1) is 0 Å². The first-order chi connectivity index (χ1) is 9.62. The number of benzene rings is 1. The van der Waals surface area contributed by atoms with Crippen molar-refractivity contribution in [3.8, 4) is 5.75 Å². The fourth-order valence-electron chi connectivity index (χ4n) is 5.21. The Hall–Kier alpha value is -1.24. The molecule has 4 aliphatic rings. The minimum Gasteiger partial charge on any atom is -0.487 e. The number of hydrogen-bond donors (Lipinski definition) is 0. The van der Waals surface area contributed by atoms with Crippen molar-refractivity contribution in [1.82, 2.24) is 0 Å².